The third-order valence-corrected chi connectivity index (χ3v) is 5.35. The lowest BCUT2D eigenvalue weighted by molar-refractivity contribution is -0.119. The zero-order valence-corrected chi connectivity index (χ0v) is 16.8. The van der Waals surface area contributed by atoms with Crippen LogP contribution in [0.4, 0.5) is 0 Å². The first-order valence-corrected chi connectivity index (χ1v) is 9.94. The Morgan fingerprint density at radius 2 is 1.88 bits per heavy atom. The van der Waals surface area contributed by atoms with Crippen LogP contribution in [0.1, 0.15) is 30.5 Å². The maximum absolute atomic E-state index is 12.3. The van der Waals surface area contributed by atoms with Gasteiger partial charge in [0, 0.05) is 10.8 Å². The number of amides is 1. The molecule has 0 radical (unpaired) electrons. The fourth-order valence-corrected chi connectivity index (χ4v) is 3.72. The molecule has 1 atom stereocenters. The first-order valence-electron chi connectivity index (χ1n) is 8.41. The summed E-state index contributed by atoms with van der Waals surface area (Å²) in [6.45, 7) is 2.04. The van der Waals surface area contributed by atoms with E-state index in [1.165, 1.54) is 0 Å². The molecule has 6 heteroatoms. The first kappa shape index (κ1) is 20.5. The van der Waals surface area contributed by atoms with Gasteiger partial charge in [-0.3, -0.25) is 4.79 Å². The summed E-state index contributed by atoms with van der Waals surface area (Å²) in [6.07, 6.45) is 0.788. The van der Waals surface area contributed by atoms with E-state index >= 15 is 0 Å². The lowest BCUT2D eigenvalue weighted by Crippen LogP contribution is -2.29. The predicted molar refractivity (Wildman–Crippen MR) is 108 cm³/mol. The van der Waals surface area contributed by atoms with Crippen molar-refractivity contribution in [1.29, 1.82) is 0 Å². The quantitative estimate of drug-likeness (QED) is 0.661. The van der Waals surface area contributed by atoms with Crippen molar-refractivity contribution in [3.63, 3.8) is 0 Å². The average molecular weight is 394 g/mol. The van der Waals surface area contributed by atoms with Gasteiger partial charge in [-0.05, 0) is 35.7 Å². The molecule has 2 rings (SSSR count). The van der Waals surface area contributed by atoms with Crippen LogP contribution >= 0.6 is 23.4 Å². The normalized spacial score (nSPS) is 11.7. The molecule has 0 saturated heterocycles. The highest BCUT2D eigenvalue weighted by Gasteiger charge is 2.15. The number of ether oxygens (including phenoxy) is 2. The van der Waals surface area contributed by atoms with Crippen LogP contribution in [-0.2, 0) is 10.5 Å². The van der Waals surface area contributed by atoms with Crippen LogP contribution in [0.25, 0.3) is 0 Å². The van der Waals surface area contributed by atoms with E-state index in [0.29, 0.717) is 23.0 Å². The highest BCUT2D eigenvalue weighted by atomic mass is 35.5. The van der Waals surface area contributed by atoms with Crippen molar-refractivity contribution in [3.05, 3.63) is 58.6 Å². The molecule has 0 aliphatic rings. The van der Waals surface area contributed by atoms with Gasteiger partial charge < -0.3 is 14.8 Å². The second kappa shape index (κ2) is 10.3. The molecule has 0 spiro atoms. The smallest absolute Gasteiger partial charge is 0.230 e. The van der Waals surface area contributed by atoms with Crippen LogP contribution in [0.3, 0.4) is 0 Å². The number of rotatable bonds is 9. The van der Waals surface area contributed by atoms with Crippen molar-refractivity contribution >= 4 is 29.3 Å². The molecule has 0 heterocycles. The zero-order valence-electron chi connectivity index (χ0n) is 15.3. The van der Waals surface area contributed by atoms with Gasteiger partial charge in [0.05, 0.1) is 26.0 Å². The van der Waals surface area contributed by atoms with Gasteiger partial charge in [0.1, 0.15) is 0 Å². The summed E-state index contributed by atoms with van der Waals surface area (Å²) < 4.78 is 10.6. The number of carbonyl (C=O) groups excluding carboxylic acids is 1. The van der Waals surface area contributed by atoms with Crippen molar-refractivity contribution in [2.45, 2.75) is 25.1 Å². The minimum atomic E-state index is -0.0665. The highest BCUT2D eigenvalue weighted by Crippen LogP contribution is 2.31. The van der Waals surface area contributed by atoms with Gasteiger partial charge >= 0.3 is 0 Å². The summed E-state index contributed by atoms with van der Waals surface area (Å²) >= 11 is 7.69. The summed E-state index contributed by atoms with van der Waals surface area (Å²) in [5, 5.41) is 3.82. The van der Waals surface area contributed by atoms with E-state index in [4.69, 9.17) is 21.1 Å². The Morgan fingerprint density at radius 3 is 2.54 bits per heavy atom. The van der Waals surface area contributed by atoms with Crippen LogP contribution in [0.15, 0.2) is 42.5 Å². The zero-order chi connectivity index (χ0) is 18.9. The molecular weight excluding hydrogens is 370 g/mol. The fraction of sp³-hybridized carbons (Fsp3) is 0.350. The predicted octanol–water partition coefficient (Wildman–Crippen LogP) is 4.86. The van der Waals surface area contributed by atoms with Crippen molar-refractivity contribution < 1.29 is 14.3 Å². The molecule has 0 fully saturated rings. The molecular formula is C20H24ClNO3S. The van der Waals surface area contributed by atoms with Gasteiger partial charge in [-0.15, -0.1) is 11.8 Å². The summed E-state index contributed by atoms with van der Waals surface area (Å²) in [7, 11) is 3.21. The minimum Gasteiger partial charge on any atom is -0.493 e. The summed E-state index contributed by atoms with van der Waals surface area (Å²) in [6, 6.07) is 13.3. The lowest BCUT2D eigenvalue weighted by Gasteiger charge is -2.19. The van der Waals surface area contributed by atoms with E-state index in [1.807, 2.05) is 49.4 Å². The summed E-state index contributed by atoms with van der Waals surface area (Å²) in [4.78, 5) is 12.3. The molecule has 1 N–H and O–H groups in total. The monoisotopic (exact) mass is 393 g/mol. The fourth-order valence-electron chi connectivity index (χ4n) is 2.60. The molecule has 0 bridgehead atoms. The molecule has 0 aromatic heterocycles. The largest absolute Gasteiger partial charge is 0.493 e. The summed E-state index contributed by atoms with van der Waals surface area (Å²) in [5.74, 6) is 2.43. The minimum absolute atomic E-state index is 0.00342. The van der Waals surface area contributed by atoms with Gasteiger partial charge in [0.15, 0.2) is 11.5 Å². The third kappa shape index (κ3) is 5.58. The average Bonchev–Trinajstić information content (AvgIpc) is 2.67. The summed E-state index contributed by atoms with van der Waals surface area (Å²) in [5.41, 5.74) is 2.04. The topological polar surface area (TPSA) is 47.6 Å². The Bertz CT molecular complexity index is 739. The highest BCUT2D eigenvalue weighted by molar-refractivity contribution is 7.99. The van der Waals surface area contributed by atoms with Gasteiger partial charge in [-0.1, -0.05) is 42.8 Å². The number of thioether (sulfide) groups is 1. The number of carbonyl (C=O) groups is 1. The van der Waals surface area contributed by atoms with Crippen LogP contribution in [0.2, 0.25) is 5.02 Å². The van der Waals surface area contributed by atoms with Crippen molar-refractivity contribution in [2.75, 3.05) is 20.0 Å². The number of benzene rings is 2. The molecule has 0 saturated carbocycles. The van der Waals surface area contributed by atoms with Gasteiger partial charge in [-0.2, -0.15) is 0 Å². The molecule has 4 nitrogen and oxygen atoms in total. The molecule has 0 unspecified atom stereocenters. The molecule has 140 valence electrons. The second-order valence-electron chi connectivity index (χ2n) is 5.73. The Morgan fingerprint density at radius 1 is 1.15 bits per heavy atom. The van der Waals surface area contributed by atoms with E-state index < -0.39 is 0 Å². The number of hydrogen-bond donors (Lipinski definition) is 1. The Kier molecular flexibility index (Phi) is 8.13. The van der Waals surface area contributed by atoms with Crippen LogP contribution in [0.5, 0.6) is 11.5 Å². The Labute approximate surface area is 164 Å². The molecule has 1 amide bonds. The van der Waals surface area contributed by atoms with E-state index in [0.717, 1.165) is 22.6 Å². The molecule has 2 aromatic carbocycles. The van der Waals surface area contributed by atoms with E-state index in [9.17, 15) is 4.79 Å². The Hall–Kier alpha value is -1.85. The van der Waals surface area contributed by atoms with E-state index in [1.54, 1.807) is 26.0 Å². The van der Waals surface area contributed by atoms with Gasteiger partial charge in [0.25, 0.3) is 0 Å². The van der Waals surface area contributed by atoms with E-state index in [-0.39, 0.29) is 11.9 Å². The molecule has 2 aromatic rings. The lowest BCUT2D eigenvalue weighted by atomic mass is 10.0. The maximum atomic E-state index is 12.3. The third-order valence-electron chi connectivity index (χ3n) is 4.00. The standard InChI is InChI=1S/C20H24ClNO3S/c1-4-17(14-9-10-18(24-2)19(11-14)25-3)22-20(23)13-26-12-15-7-5-6-8-16(15)21/h5-11,17H,4,12-13H2,1-3H3,(H,22,23)/t17-/m0/s1. The molecule has 0 aliphatic carbocycles. The van der Waals surface area contributed by atoms with Crippen LogP contribution < -0.4 is 14.8 Å². The van der Waals surface area contributed by atoms with Crippen molar-refractivity contribution in [3.8, 4) is 11.5 Å². The second-order valence-corrected chi connectivity index (χ2v) is 7.12. The maximum Gasteiger partial charge on any atom is 0.230 e. The van der Waals surface area contributed by atoms with Crippen LogP contribution in [0, 0.1) is 0 Å². The van der Waals surface area contributed by atoms with Crippen LogP contribution in [-0.4, -0.2) is 25.9 Å². The number of halogens is 1. The SMILES string of the molecule is CC[C@H](NC(=O)CSCc1ccccc1Cl)c1ccc(OC)c(OC)c1. The number of methoxy groups -OCH3 is 2. The van der Waals surface area contributed by atoms with Gasteiger partial charge in [0.2, 0.25) is 5.91 Å². The van der Waals surface area contributed by atoms with Crippen molar-refractivity contribution in [1.82, 2.24) is 5.32 Å². The number of nitrogens with one attached hydrogen (secondary N) is 1. The van der Waals surface area contributed by atoms with Crippen molar-refractivity contribution in [2.24, 2.45) is 0 Å². The molecule has 26 heavy (non-hydrogen) atoms. The van der Waals surface area contributed by atoms with Gasteiger partial charge in [-0.25, -0.2) is 0 Å². The number of hydrogen-bond acceptors (Lipinski definition) is 4. The molecule has 0 aliphatic heterocycles. The van der Waals surface area contributed by atoms with E-state index in [2.05, 4.69) is 5.32 Å². The first-order chi connectivity index (χ1) is 12.6. The Balaban J connectivity index is 1.92.